The minimum Gasteiger partial charge on any atom is -0.306 e. The third-order valence-electron chi connectivity index (χ3n) is 3.02. The zero-order valence-electron chi connectivity index (χ0n) is 10.1. The third-order valence-corrected chi connectivity index (χ3v) is 3.02. The van der Waals surface area contributed by atoms with Gasteiger partial charge in [0, 0.05) is 23.7 Å². The Bertz CT molecular complexity index is 834. The molecule has 2 N–H and O–H groups in total. The number of rotatable bonds is 2. The van der Waals surface area contributed by atoms with E-state index in [1.807, 2.05) is 0 Å². The van der Waals surface area contributed by atoms with Crippen molar-refractivity contribution in [3.8, 4) is 0 Å². The standard InChI is InChI=1S/C12H9F3N4O/c13-12(14,15)4-3-7-8-9(19-18-7)6-2-1-5-16-10(6)17-11(8)20/h1-2,5H,3-4H2,(H,18,19)(H,16,17,20). The fraction of sp³-hybridized carbons (Fsp3) is 0.250. The molecule has 3 heterocycles. The summed E-state index contributed by atoms with van der Waals surface area (Å²) in [5.41, 5.74) is 0.398. The molecule has 8 heteroatoms. The summed E-state index contributed by atoms with van der Waals surface area (Å²) in [6, 6.07) is 3.37. The minimum atomic E-state index is -4.28. The van der Waals surface area contributed by atoms with Crippen molar-refractivity contribution in [3.63, 3.8) is 0 Å². The lowest BCUT2D eigenvalue weighted by molar-refractivity contribution is -0.134. The molecule has 0 aliphatic heterocycles. The molecule has 3 rings (SSSR count). The second-order valence-corrected chi connectivity index (χ2v) is 4.39. The molecule has 0 fully saturated rings. The van der Waals surface area contributed by atoms with Gasteiger partial charge in [-0.2, -0.15) is 18.3 Å². The number of H-pyrrole nitrogens is 2. The molecule has 5 nitrogen and oxygen atoms in total. The molecule has 0 radical (unpaired) electrons. The van der Waals surface area contributed by atoms with Crippen LogP contribution >= 0.6 is 0 Å². The molecule has 0 aromatic carbocycles. The molecule has 0 aliphatic carbocycles. The highest BCUT2D eigenvalue weighted by Crippen LogP contribution is 2.25. The number of nitrogens with one attached hydrogen (secondary N) is 2. The first-order valence-corrected chi connectivity index (χ1v) is 5.86. The molecule has 0 saturated heterocycles. The van der Waals surface area contributed by atoms with Gasteiger partial charge in [0.1, 0.15) is 11.2 Å². The fourth-order valence-electron chi connectivity index (χ4n) is 2.13. The fourth-order valence-corrected chi connectivity index (χ4v) is 2.13. The van der Waals surface area contributed by atoms with Crippen LogP contribution < -0.4 is 5.56 Å². The summed E-state index contributed by atoms with van der Waals surface area (Å²) in [5.74, 6) is 0. The Morgan fingerprint density at radius 1 is 1.30 bits per heavy atom. The third kappa shape index (κ3) is 2.13. The van der Waals surface area contributed by atoms with Crippen molar-refractivity contribution in [2.75, 3.05) is 0 Å². The van der Waals surface area contributed by atoms with Gasteiger partial charge >= 0.3 is 6.18 Å². The van der Waals surface area contributed by atoms with Crippen LogP contribution in [0.25, 0.3) is 21.9 Å². The highest BCUT2D eigenvalue weighted by molar-refractivity contribution is 6.02. The van der Waals surface area contributed by atoms with E-state index in [2.05, 4.69) is 20.2 Å². The normalized spacial score (nSPS) is 12.3. The van der Waals surface area contributed by atoms with Crippen molar-refractivity contribution in [1.29, 1.82) is 0 Å². The van der Waals surface area contributed by atoms with Gasteiger partial charge in [-0.3, -0.25) is 9.89 Å². The molecular formula is C12H9F3N4O. The van der Waals surface area contributed by atoms with Gasteiger partial charge in [0.25, 0.3) is 5.56 Å². The molecule has 3 aromatic heterocycles. The highest BCUT2D eigenvalue weighted by atomic mass is 19.4. The molecule has 0 amide bonds. The Morgan fingerprint density at radius 2 is 2.10 bits per heavy atom. The number of hydrogen-bond donors (Lipinski definition) is 2. The van der Waals surface area contributed by atoms with Crippen LogP contribution in [0.5, 0.6) is 0 Å². The summed E-state index contributed by atoms with van der Waals surface area (Å²) in [4.78, 5) is 18.5. The maximum absolute atomic E-state index is 12.3. The Kier molecular flexibility index (Phi) is 2.73. The zero-order chi connectivity index (χ0) is 14.3. The predicted octanol–water partition coefficient (Wildman–Crippen LogP) is 2.29. The monoisotopic (exact) mass is 282 g/mol. The van der Waals surface area contributed by atoms with Gasteiger partial charge in [-0.15, -0.1) is 0 Å². The quantitative estimate of drug-likeness (QED) is 0.757. The molecule has 104 valence electrons. The summed E-state index contributed by atoms with van der Waals surface area (Å²) in [7, 11) is 0. The topological polar surface area (TPSA) is 74.4 Å². The average Bonchev–Trinajstić information content (AvgIpc) is 2.80. The van der Waals surface area contributed by atoms with Gasteiger partial charge < -0.3 is 4.98 Å². The molecular weight excluding hydrogens is 273 g/mol. The van der Waals surface area contributed by atoms with Gasteiger partial charge in [0.2, 0.25) is 0 Å². The predicted molar refractivity (Wildman–Crippen MR) is 66.4 cm³/mol. The van der Waals surface area contributed by atoms with E-state index in [0.29, 0.717) is 16.6 Å². The van der Waals surface area contributed by atoms with E-state index in [0.717, 1.165) is 0 Å². The molecule has 0 bridgehead atoms. The lowest BCUT2D eigenvalue weighted by atomic mass is 10.1. The van der Waals surface area contributed by atoms with Gasteiger partial charge in [-0.25, -0.2) is 4.98 Å². The van der Waals surface area contributed by atoms with Crippen molar-refractivity contribution in [2.24, 2.45) is 0 Å². The first-order chi connectivity index (χ1) is 9.46. The molecule has 3 aromatic rings. The lowest BCUT2D eigenvalue weighted by Crippen LogP contribution is -2.11. The van der Waals surface area contributed by atoms with Crippen LogP contribution in [0, 0.1) is 0 Å². The van der Waals surface area contributed by atoms with Gasteiger partial charge in [0.15, 0.2) is 0 Å². The Balaban J connectivity index is 2.17. The van der Waals surface area contributed by atoms with Crippen LogP contribution in [0.3, 0.4) is 0 Å². The van der Waals surface area contributed by atoms with Gasteiger partial charge in [0.05, 0.1) is 5.39 Å². The smallest absolute Gasteiger partial charge is 0.306 e. The van der Waals surface area contributed by atoms with Gasteiger partial charge in [-0.05, 0) is 18.6 Å². The number of aromatic amines is 2. The summed E-state index contributed by atoms with van der Waals surface area (Å²) in [6.07, 6.45) is -4.08. The highest BCUT2D eigenvalue weighted by Gasteiger charge is 2.27. The van der Waals surface area contributed by atoms with Crippen LogP contribution in [0.1, 0.15) is 12.1 Å². The minimum absolute atomic E-state index is 0.162. The van der Waals surface area contributed by atoms with E-state index in [1.165, 1.54) is 6.20 Å². The van der Waals surface area contributed by atoms with Crippen LogP contribution in [-0.2, 0) is 6.42 Å². The van der Waals surface area contributed by atoms with E-state index in [9.17, 15) is 18.0 Å². The van der Waals surface area contributed by atoms with E-state index < -0.39 is 18.2 Å². The Hall–Kier alpha value is -2.38. The van der Waals surface area contributed by atoms with Crippen LogP contribution in [0.2, 0.25) is 0 Å². The second kappa shape index (κ2) is 4.32. The number of alkyl halides is 3. The van der Waals surface area contributed by atoms with E-state index in [4.69, 9.17) is 0 Å². The number of nitrogens with zero attached hydrogens (tertiary/aromatic N) is 2. The molecule has 20 heavy (non-hydrogen) atoms. The van der Waals surface area contributed by atoms with E-state index >= 15 is 0 Å². The van der Waals surface area contributed by atoms with Crippen molar-refractivity contribution >= 4 is 21.9 Å². The molecule has 0 spiro atoms. The molecule has 0 unspecified atom stereocenters. The maximum atomic E-state index is 12.3. The van der Waals surface area contributed by atoms with Crippen LogP contribution in [0.4, 0.5) is 13.2 Å². The Labute approximate surface area is 109 Å². The van der Waals surface area contributed by atoms with Crippen LogP contribution in [0.15, 0.2) is 23.1 Å². The first kappa shape index (κ1) is 12.6. The van der Waals surface area contributed by atoms with Crippen molar-refractivity contribution in [3.05, 3.63) is 34.4 Å². The number of aryl methyl sites for hydroxylation is 1. The first-order valence-electron chi connectivity index (χ1n) is 5.86. The number of pyridine rings is 2. The Morgan fingerprint density at radius 3 is 2.85 bits per heavy atom. The summed E-state index contributed by atoms with van der Waals surface area (Å²) < 4.78 is 36.8. The SMILES string of the molecule is O=c1[nH]c2ncccc2c2n[nH]c(CCC(F)(F)F)c12. The number of fused-ring (bicyclic) bond motifs is 3. The zero-order valence-corrected chi connectivity index (χ0v) is 10.1. The summed E-state index contributed by atoms with van der Waals surface area (Å²) >= 11 is 0. The number of hydrogen-bond acceptors (Lipinski definition) is 3. The second-order valence-electron chi connectivity index (χ2n) is 4.39. The van der Waals surface area contributed by atoms with E-state index in [-0.39, 0.29) is 17.5 Å². The lowest BCUT2D eigenvalue weighted by Gasteiger charge is -2.04. The maximum Gasteiger partial charge on any atom is 0.389 e. The molecule has 0 saturated carbocycles. The number of halogens is 3. The van der Waals surface area contributed by atoms with E-state index in [1.54, 1.807) is 12.1 Å². The van der Waals surface area contributed by atoms with Crippen molar-refractivity contribution in [1.82, 2.24) is 20.2 Å². The average molecular weight is 282 g/mol. The number of aromatic nitrogens is 4. The van der Waals surface area contributed by atoms with Crippen molar-refractivity contribution < 1.29 is 13.2 Å². The van der Waals surface area contributed by atoms with Crippen molar-refractivity contribution in [2.45, 2.75) is 19.0 Å². The molecule has 0 aliphatic rings. The van der Waals surface area contributed by atoms with Gasteiger partial charge in [-0.1, -0.05) is 0 Å². The molecule has 0 atom stereocenters. The summed E-state index contributed by atoms with van der Waals surface area (Å²) in [5, 5.41) is 7.23. The summed E-state index contributed by atoms with van der Waals surface area (Å²) in [6.45, 7) is 0. The largest absolute Gasteiger partial charge is 0.389 e. The van der Waals surface area contributed by atoms with Crippen LogP contribution in [-0.4, -0.2) is 26.3 Å².